The Balaban J connectivity index is 2.35. The van der Waals surface area contributed by atoms with Crippen LogP contribution >= 0.6 is 0 Å². The molecule has 6 atom stereocenters. The Kier molecular flexibility index (Phi) is 7.66. The van der Waals surface area contributed by atoms with E-state index in [2.05, 4.69) is 13.0 Å². The second-order valence-electron chi connectivity index (χ2n) is 8.47. The summed E-state index contributed by atoms with van der Waals surface area (Å²) in [7, 11) is 1.37. The van der Waals surface area contributed by atoms with Crippen molar-refractivity contribution in [1.29, 1.82) is 0 Å². The van der Waals surface area contributed by atoms with Crippen LogP contribution in [0.25, 0.3) is 0 Å². The highest BCUT2D eigenvalue weighted by molar-refractivity contribution is 5.89. The average molecular weight is 381 g/mol. The molecule has 2 bridgehead atoms. The zero-order chi connectivity index (χ0) is 20.2. The van der Waals surface area contributed by atoms with Crippen molar-refractivity contribution in [3.63, 3.8) is 0 Å². The van der Waals surface area contributed by atoms with E-state index in [1.165, 1.54) is 12.7 Å². The number of hydrogen-bond acceptors (Lipinski definition) is 5. The summed E-state index contributed by atoms with van der Waals surface area (Å²) in [5.74, 6) is -0.627. The first kappa shape index (κ1) is 22.1. The van der Waals surface area contributed by atoms with E-state index >= 15 is 0 Å². The number of allylic oxidation sites excluding steroid dienone is 3. The Morgan fingerprint density at radius 2 is 2.15 bits per heavy atom. The quantitative estimate of drug-likeness (QED) is 0.435. The van der Waals surface area contributed by atoms with E-state index in [0.717, 1.165) is 25.7 Å². The van der Waals surface area contributed by atoms with Gasteiger partial charge in [0, 0.05) is 11.5 Å². The second kappa shape index (κ2) is 9.35. The van der Waals surface area contributed by atoms with Crippen LogP contribution in [0.3, 0.4) is 0 Å². The molecule has 0 radical (unpaired) electrons. The molecule has 0 aromatic heterocycles. The zero-order valence-electron chi connectivity index (χ0n) is 17.4. The molecule has 1 saturated heterocycles. The molecule has 5 nitrogen and oxygen atoms in total. The van der Waals surface area contributed by atoms with Crippen molar-refractivity contribution in [2.24, 2.45) is 11.8 Å². The van der Waals surface area contributed by atoms with E-state index in [4.69, 9.17) is 9.47 Å². The molecule has 27 heavy (non-hydrogen) atoms. The molecule has 0 saturated carbocycles. The number of methoxy groups -OCH3 is 1. The van der Waals surface area contributed by atoms with Gasteiger partial charge in [-0.05, 0) is 65.2 Å². The molecule has 5 heteroatoms. The molecule has 154 valence electrons. The van der Waals surface area contributed by atoms with Gasteiger partial charge < -0.3 is 19.7 Å². The van der Waals surface area contributed by atoms with Crippen molar-refractivity contribution < 1.29 is 24.5 Å². The molecule has 2 aliphatic heterocycles. The first-order valence-electron chi connectivity index (χ1n) is 10.2. The highest BCUT2D eigenvalue weighted by atomic mass is 16.5. The lowest BCUT2D eigenvalue weighted by Gasteiger charge is -2.31. The Labute approximate surface area is 163 Å². The van der Waals surface area contributed by atoms with E-state index in [9.17, 15) is 15.0 Å². The smallest absolute Gasteiger partial charge is 0.333 e. The predicted molar refractivity (Wildman–Crippen MR) is 105 cm³/mol. The lowest BCUT2D eigenvalue weighted by Crippen LogP contribution is -2.41. The van der Waals surface area contributed by atoms with E-state index in [-0.39, 0.29) is 11.8 Å². The van der Waals surface area contributed by atoms with Crippen LogP contribution in [0.1, 0.15) is 66.2 Å². The SMILES string of the molecule is C/C=C(/C(=O)OC)[C@@H]1C[C@@H]2O[C@H]1[C@@H](O)[C@H](C)CCC/C(C)=C/CC[C@@]2(C)O. The Morgan fingerprint density at radius 1 is 1.44 bits per heavy atom. The van der Waals surface area contributed by atoms with E-state index in [1.807, 2.05) is 6.92 Å². The van der Waals surface area contributed by atoms with Crippen LogP contribution in [0.15, 0.2) is 23.3 Å². The Hall–Kier alpha value is -1.17. The lowest BCUT2D eigenvalue weighted by molar-refractivity contribution is -0.139. The number of fused-ring (bicyclic) bond motifs is 2. The van der Waals surface area contributed by atoms with Gasteiger partial charge in [0.15, 0.2) is 0 Å². The third-order valence-electron chi connectivity index (χ3n) is 6.30. The summed E-state index contributed by atoms with van der Waals surface area (Å²) < 4.78 is 11.2. The van der Waals surface area contributed by atoms with Gasteiger partial charge in [-0.2, -0.15) is 0 Å². The van der Waals surface area contributed by atoms with Gasteiger partial charge in [0.1, 0.15) is 0 Å². The first-order chi connectivity index (χ1) is 12.7. The summed E-state index contributed by atoms with van der Waals surface area (Å²) in [6.07, 6.45) is 7.08. The van der Waals surface area contributed by atoms with Crippen LogP contribution in [0, 0.1) is 11.8 Å². The number of carbonyl (C=O) groups is 1. The van der Waals surface area contributed by atoms with Crippen molar-refractivity contribution in [3.8, 4) is 0 Å². The monoisotopic (exact) mass is 380 g/mol. The van der Waals surface area contributed by atoms with E-state index in [0.29, 0.717) is 18.4 Å². The van der Waals surface area contributed by atoms with Gasteiger partial charge in [-0.3, -0.25) is 0 Å². The summed E-state index contributed by atoms with van der Waals surface area (Å²) in [5.41, 5.74) is 0.836. The number of aliphatic hydroxyl groups excluding tert-OH is 1. The van der Waals surface area contributed by atoms with Gasteiger partial charge in [-0.25, -0.2) is 4.79 Å². The molecule has 2 rings (SSSR count). The minimum absolute atomic E-state index is 0.0468. The predicted octanol–water partition coefficient (Wildman–Crippen LogP) is 3.54. The maximum absolute atomic E-state index is 12.3. The fourth-order valence-electron chi connectivity index (χ4n) is 4.40. The van der Waals surface area contributed by atoms with Gasteiger partial charge in [-0.15, -0.1) is 0 Å². The number of rotatable bonds is 2. The van der Waals surface area contributed by atoms with Crippen molar-refractivity contribution in [2.45, 2.75) is 90.1 Å². The third-order valence-corrected chi connectivity index (χ3v) is 6.30. The summed E-state index contributed by atoms with van der Waals surface area (Å²) >= 11 is 0. The van der Waals surface area contributed by atoms with Crippen molar-refractivity contribution in [1.82, 2.24) is 0 Å². The molecule has 2 N–H and O–H groups in total. The van der Waals surface area contributed by atoms with Crippen LogP contribution in [0.5, 0.6) is 0 Å². The summed E-state index contributed by atoms with van der Waals surface area (Å²) in [4.78, 5) is 12.3. The molecule has 2 aliphatic rings. The Morgan fingerprint density at radius 3 is 2.78 bits per heavy atom. The Bertz CT molecular complexity index is 577. The van der Waals surface area contributed by atoms with Crippen molar-refractivity contribution in [3.05, 3.63) is 23.3 Å². The second-order valence-corrected chi connectivity index (χ2v) is 8.47. The molecule has 0 aliphatic carbocycles. The van der Waals surface area contributed by atoms with Gasteiger partial charge in [0.25, 0.3) is 0 Å². The topological polar surface area (TPSA) is 76.0 Å². The highest BCUT2D eigenvalue weighted by Gasteiger charge is 2.49. The largest absolute Gasteiger partial charge is 0.466 e. The summed E-state index contributed by atoms with van der Waals surface area (Å²) in [6, 6.07) is 0. The maximum Gasteiger partial charge on any atom is 0.333 e. The van der Waals surface area contributed by atoms with Crippen LogP contribution < -0.4 is 0 Å². The maximum atomic E-state index is 12.3. The van der Waals surface area contributed by atoms with Gasteiger partial charge in [0.05, 0.1) is 31.0 Å². The molecule has 0 aromatic rings. The van der Waals surface area contributed by atoms with Crippen LogP contribution in [-0.2, 0) is 14.3 Å². The summed E-state index contributed by atoms with van der Waals surface area (Å²) in [5, 5.41) is 22.1. The van der Waals surface area contributed by atoms with Crippen molar-refractivity contribution in [2.75, 3.05) is 7.11 Å². The molecule has 2 heterocycles. The minimum Gasteiger partial charge on any atom is -0.466 e. The number of aliphatic hydroxyl groups is 2. The van der Waals surface area contributed by atoms with Gasteiger partial charge in [0.2, 0.25) is 0 Å². The molecule has 0 amide bonds. The molecule has 0 aromatic carbocycles. The zero-order valence-corrected chi connectivity index (χ0v) is 17.4. The van der Waals surface area contributed by atoms with Crippen LogP contribution in [0.2, 0.25) is 0 Å². The number of esters is 1. The number of carbonyl (C=O) groups excluding carboxylic acids is 1. The molecular weight excluding hydrogens is 344 g/mol. The molecule has 0 spiro atoms. The summed E-state index contributed by atoms with van der Waals surface area (Å²) in [6.45, 7) is 7.76. The van der Waals surface area contributed by atoms with Gasteiger partial charge >= 0.3 is 5.97 Å². The number of ether oxygens (including phenoxy) is 2. The third kappa shape index (κ3) is 5.21. The highest BCUT2D eigenvalue weighted by Crippen LogP contribution is 2.42. The fourth-order valence-corrected chi connectivity index (χ4v) is 4.40. The lowest BCUT2D eigenvalue weighted by atomic mass is 9.80. The fraction of sp³-hybridized carbons (Fsp3) is 0.773. The van der Waals surface area contributed by atoms with Crippen LogP contribution in [0.4, 0.5) is 0 Å². The van der Waals surface area contributed by atoms with E-state index < -0.39 is 29.9 Å². The minimum atomic E-state index is -1.02. The van der Waals surface area contributed by atoms with Crippen LogP contribution in [-0.4, -0.2) is 47.2 Å². The van der Waals surface area contributed by atoms with Crippen molar-refractivity contribution >= 4 is 5.97 Å². The standard InChI is InChI=1S/C22H36O5/c1-6-16(21(24)26-5)17-13-18-22(4,25)12-8-10-14(2)9-7-11-15(3)19(23)20(17)27-18/h6,10,15,17-20,23,25H,7-9,11-13H2,1-5H3/b14-10+,16-6+/t15-,17+,18+,19+,20-,22-/m1/s1. The van der Waals surface area contributed by atoms with Gasteiger partial charge in [-0.1, -0.05) is 24.6 Å². The molecular formula is C22H36O5. The first-order valence-corrected chi connectivity index (χ1v) is 10.2. The molecule has 1 fully saturated rings. The normalized spacial score (nSPS) is 40.9. The van der Waals surface area contributed by atoms with E-state index in [1.54, 1.807) is 19.9 Å². The average Bonchev–Trinajstić information content (AvgIpc) is 3.06. The number of hydrogen-bond donors (Lipinski definition) is 2. The molecule has 0 unspecified atom stereocenters.